The number of hydrogen-bond donors (Lipinski definition) is 0. The lowest BCUT2D eigenvalue weighted by atomic mass is 9.84. The van der Waals surface area contributed by atoms with Crippen molar-refractivity contribution >= 4 is 11.6 Å². The summed E-state index contributed by atoms with van der Waals surface area (Å²) in [5.41, 5.74) is 3.39. The van der Waals surface area contributed by atoms with Gasteiger partial charge in [0.1, 0.15) is 0 Å². The van der Waals surface area contributed by atoms with Crippen LogP contribution in [-0.4, -0.2) is 43.0 Å². The molecule has 1 saturated heterocycles. The van der Waals surface area contributed by atoms with Gasteiger partial charge in [0, 0.05) is 56.1 Å². The molecule has 1 aliphatic heterocycles. The van der Waals surface area contributed by atoms with Gasteiger partial charge in [-0.05, 0) is 38.3 Å². The van der Waals surface area contributed by atoms with Gasteiger partial charge in [0.05, 0.1) is 0 Å². The Labute approximate surface area is 127 Å². The molecule has 0 bridgehead atoms. The lowest BCUT2D eigenvalue weighted by molar-refractivity contribution is -0.137. The highest BCUT2D eigenvalue weighted by atomic mass is 16.2. The third-order valence-corrected chi connectivity index (χ3v) is 4.85. The summed E-state index contributed by atoms with van der Waals surface area (Å²) < 4.78 is 0. The lowest BCUT2D eigenvalue weighted by Gasteiger charge is -2.29. The Morgan fingerprint density at radius 2 is 2.05 bits per heavy atom. The highest BCUT2D eigenvalue weighted by molar-refractivity contribution is 5.80. The van der Waals surface area contributed by atoms with Crippen molar-refractivity contribution in [2.45, 2.75) is 38.5 Å². The predicted octanol–water partition coefficient (Wildman–Crippen LogP) is 2.57. The first-order valence-corrected chi connectivity index (χ1v) is 7.99. The summed E-state index contributed by atoms with van der Waals surface area (Å²) in [6.07, 6.45) is 4.45. The number of carbonyl (C=O) groups is 1. The minimum absolute atomic E-state index is 0.312. The Hall–Kier alpha value is -1.58. The summed E-state index contributed by atoms with van der Waals surface area (Å²) in [5, 5.41) is 0. The fourth-order valence-electron chi connectivity index (χ4n) is 3.26. The predicted molar refractivity (Wildman–Crippen MR) is 84.6 cm³/mol. The van der Waals surface area contributed by atoms with Crippen molar-refractivity contribution in [2.24, 2.45) is 5.92 Å². The molecule has 0 spiro atoms. The Balaban J connectivity index is 1.72. The number of pyridine rings is 1. The van der Waals surface area contributed by atoms with Crippen LogP contribution >= 0.6 is 0 Å². The van der Waals surface area contributed by atoms with Crippen molar-refractivity contribution in [3.05, 3.63) is 23.5 Å². The van der Waals surface area contributed by atoms with Crippen LogP contribution in [0, 0.1) is 12.8 Å². The van der Waals surface area contributed by atoms with E-state index in [1.165, 1.54) is 12.1 Å². The molecule has 1 atom stereocenters. The molecular weight excluding hydrogens is 262 g/mol. The van der Waals surface area contributed by atoms with E-state index in [4.69, 9.17) is 4.98 Å². The van der Waals surface area contributed by atoms with Crippen LogP contribution in [0.2, 0.25) is 0 Å². The second kappa shape index (κ2) is 5.66. The van der Waals surface area contributed by atoms with E-state index in [0.717, 1.165) is 43.7 Å². The average molecular weight is 287 g/mol. The van der Waals surface area contributed by atoms with Crippen molar-refractivity contribution in [3.8, 4) is 0 Å². The fraction of sp³-hybridized carbons (Fsp3) is 0.647. The van der Waals surface area contributed by atoms with E-state index in [2.05, 4.69) is 36.0 Å². The molecule has 21 heavy (non-hydrogen) atoms. The third kappa shape index (κ3) is 2.89. The smallest absolute Gasteiger partial charge is 0.225 e. The minimum Gasteiger partial charge on any atom is -0.378 e. The van der Waals surface area contributed by atoms with Gasteiger partial charge < -0.3 is 9.80 Å². The first-order chi connectivity index (χ1) is 10.0. The molecule has 2 heterocycles. The van der Waals surface area contributed by atoms with Gasteiger partial charge in [-0.25, -0.2) is 0 Å². The van der Waals surface area contributed by atoms with Crippen molar-refractivity contribution in [2.75, 3.05) is 32.1 Å². The molecule has 2 aliphatic rings. The van der Waals surface area contributed by atoms with Crippen LogP contribution in [0.15, 0.2) is 12.1 Å². The molecule has 0 N–H and O–H groups in total. The number of likely N-dealkylation sites (tertiary alicyclic amines) is 1. The van der Waals surface area contributed by atoms with Gasteiger partial charge in [0.2, 0.25) is 5.91 Å². The average Bonchev–Trinajstić information content (AvgIpc) is 2.85. The van der Waals surface area contributed by atoms with Gasteiger partial charge in [-0.15, -0.1) is 0 Å². The number of rotatable bonds is 3. The lowest BCUT2D eigenvalue weighted by Crippen LogP contribution is -2.37. The van der Waals surface area contributed by atoms with E-state index in [-0.39, 0.29) is 0 Å². The van der Waals surface area contributed by atoms with Crippen molar-refractivity contribution < 1.29 is 4.79 Å². The molecule has 114 valence electrons. The third-order valence-electron chi connectivity index (χ3n) is 4.85. The Kier molecular flexibility index (Phi) is 3.87. The summed E-state index contributed by atoms with van der Waals surface area (Å²) in [6, 6.07) is 4.28. The Morgan fingerprint density at radius 1 is 1.29 bits per heavy atom. The van der Waals surface area contributed by atoms with Crippen LogP contribution in [0.5, 0.6) is 0 Å². The van der Waals surface area contributed by atoms with E-state index < -0.39 is 0 Å². The van der Waals surface area contributed by atoms with Crippen LogP contribution in [0.1, 0.15) is 43.0 Å². The van der Waals surface area contributed by atoms with E-state index in [9.17, 15) is 4.79 Å². The van der Waals surface area contributed by atoms with Crippen LogP contribution in [-0.2, 0) is 4.79 Å². The highest BCUT2D eigenvalue weighted by Gasteiger charge is 2.34. The number of amides is 1. The van der Waals surface area contributed by atoms with Crippen LogP contribution in [0.25, 0.3) is 0 Å². The van der Waals surface area contributed by atoms with E-state index in [1.54, 1.807) is 0 Å². The summed E-state index contributed by atoms with van der Waals surface area (Å²) >= 11 is 0. The summed E-state index contributed by atoms with van der Waals surface area (Å²) in [6.45, 7) is 3.79. The van der Waals surface area contributed by atoms with Gasteiger partial charge in [-0.3, -0.25) is 9.78 Å². The number of hydrogen-bond acceptors (Lipinski definition) is 3. The molecule has 3 rings (SSSR count). The largest absolute Gasteiger partial charge is 0.378 e. The first-order valence-electron chi connectivity index (χ1n) is 7.99. The van der Waals surface area contributed by atoms with Gasteiger partial charge in [0.25, 0.3) is 0 Å². The number of carbonyl (C=O) groups excluding carboxylic acids is 1. The van der Waals surface area contributed by atoms with Crippen LogP contribution in [0.4, 0.5) is 5.69 Å². The molecule has 1 aromatic rings. The second-order valence-corrected chi connectivity index (χ2v) is 6.68. The Bertz CT molecular complexity index is 537. The van der Waals surface area contributed by atoms with Gasteiger partial charge in [-0.1, -0.05) is 6.42 Å². The molecular formula is C17H25N3O. The topological polar surface area (TPSA) is 36.4 Å². The quantitative estimate of drug-likeness (QED) is 0.857. The monoisotopic (exact) mass is 287 g/mol. The highest BCUT2D eigenvalue weighted by Crippen LogP contribution is 2.33. The molecule has 1 saturated carbocycles. The minimum atomic E-state index is 0.312. The van der Waals surface area contributed by atoms with Gasteiger partial charge >= 0.3 is 0 Å². The molecule has 0 aromatic carbocycles. The molecule has 1 amide bonds. The zero-order valence-corrected chi connectivity index (χ0v) is 13.3. The van der Waals surface area contributed by atoms with Crippen molar-refractivity contribution in [1.29, 1.82) is 0 Å². The summed E-state index contributed by atoms with van der Waals surface area (Å²) in [5.74, 6) is 1.09. The molecule has 1 aromatic heterocycles. The van der Waals surface area contributed by atoms with E-state index in [0.29, 0.717) is 17.7 Å². The molecule has 1 aliphatic carbocycles. The summed E-state index contributed by atoms with van der Waals surface area (Å²) in [7, 11) is 4.11. The van der Waals surface area contributed by atoms with Crippen molar-refractivity contribution in [1.82, 2.24) is 9.88 Å². The van der Waals surface area contributed by atoms with E-state index in [1.807, 2.05) is 6.92 Å². The zero-order valence-electron chi connectivity index (χ0n) is 13.3. The Morgan fingerprint density at radius 3 is 2.67 bits per heavy atom. The maximum Gasteiger partial charge on any atom is 0.225 e. The fourth-order valence-corrected chi connectivity index (χ4v) is 3.26. The number of aryl methyl sites for hydroxylation is 1. The molecule has 2 fully saturated rings. The number of nitrogens with zero attached hydrogens (tertiary/aromatic N) is 3. The zero-order chi connectivity index (χ0) is 15.0. The maximum absolute atomic E-state index is 12.3. The van der Waals surface area contributed by atoms with Gasteiger partial charge in [0.15, 0.2) is 0 Å². The van der Waals surface area contributed by atoms with E-state index >= 15 is 0 Å². The number of anilines is 1. The number of aromatic nitrogens is 1. The maximum atomic E-state index is 12.3. The van der Waals surface area contributed by atoms with Crippen LogP contribution < -0.4 is 4.90 Å². The second-order valence-electron chi connectivity index (χ2n) is 6.68. The molecule has 4 nitrogen and oxygen atoms in total. The van der Waals surface area contributed by atoms with Crippen molar-refractivity contribution in [3.63, 3.8) is 0 Å². The normalized spacial score (nSPS) is 22.2. The SMILES string of the molecule is Cc1cc(N(C)C)cc(C2CCN(C(=O)C3CCC3)C2)n1. The molecule has 4 heteroatoms. The molecule has 0 radical (unpaired) electrons. The summed E-state index contributed by atoms with van der Waals surface area (Å²) in [4.78, 5) is 21.2. The van der Waals surface area contributed by atoms with Crippen LogP contribution in [0.3, 0.4) is 0 Å². The van der Waals surface area contributed by atoms with Gasteiger partial charge in [-0.2, -0.15) is 0 Å². The molecule has 1 unspecified atom stereocenters. The standard InChI is InChI=1S/C17H25N3O/c1-12-9-15(19(2)3)10-16(18-12)14-7-8-20(11-14)17(21)13-5-4-6-13/h9-10,13-14H,4-8,11H2,1-3H3. The first kappa shape index (κ1) is 14.4.